The van der Waals surface area contributed by atoms with Gasteiger partial charge in [-0.15, -0.1) is 0 Å². The molecule has 0 saturated heterocycles. The molecule has 15 nitrogen and oxygen atoms in total. The first-order valence-corrected chi connectivity index (χ1v) is 24.1. The Morgan fingerprint density at radius 1 is 0.742 bits per heavy atom. The highest BCUT2D eigenvalue weighted by Gasteiger charge is 2.35. The molecule has 0 radical (unpaired) electrons. The monoisotopic (exact) mass is 921 g/mol. The van der Waals surface area contributed by atoms with Crippen molar-refractivity contribution >= 4 is 41.2 Å². The lowest BCUT2D eigenvalue weighted by Crippen LogP contribution is -2.53. The molecule has 1 aliphatic heterocycles. The number of unbranched alkanes of at least 4 members (excludes halogenated alkanes) is 12. The molecule has 4 bridgehead atoms. The van der Waals surface area contributed by atoms with Gasteiger partial charge in [-0.3, -0.25) is 28.8 Å². The fourth-order valence-corrected chi connectivity index (χ4v) is 8.61. The fourth-order valence-electron chi connectivity index (χ4n) is 8.61. The molecule has 0 aliphatic carbocycles. The van der Waals surface area contributed by atoms with Crippen LogP contribution in [-0.2, 0) is 40.0 Å². The molecule has 1 heterocycles. The average Bonchev–Trinajstić information content (AvgIpc) is 3.27. The smallest absolute Gasteiger partial charge is 0.326 e. The van der Waals surface area contributed by atoms with E-state index in [0.29, 0.717) is 12.0 Å². The normalized spacial score (nSPS) is 17.3. The molecular formula is C51H76N4O11. The third kappa shape index (κ3) is 17.2. The predicted octanol–water partition coefficient (Wildman–Crippen LogP) is 7.17. The van der Waals surface area contributed by atoms with E-state index in [1.807, 2.05) is 13.8 Å². The number of aromatic hydroxyl groups is 2. The number of carboxylic acid groups (broad SMARTS) is 1. The number of carboxylic acids is 1. The summed E-state index contributed by atoms with van der Waals surface area (Å²) >= 11 is 0. The van der Waals surface area contributed by atoms with Crippen molar-refractivity contribution in [1.29, 1.82) is 0 Å². The lowest BCUT2D eigenvalue weighted by atomic mass is 9.86. The average molecular weight is 921 g/mol. The van der Waals surface area contributed by atoms with Gasteiger partial charge in [0.15, 0.2) is 11.6 Å². The Balaban J connectivity index is 1.66. The van der Waals surface area contributed by atoms with E-state index < -0.39 is 71.9 Å². The summed E-state index contributed by atoms with van der Waals surface area (Å²) in [6.45, 7) is 6.73. The van der Waals surface area contributed by atoms with Gasteiger partial charge in [0.25, 0.3) is 0 Å². The van der Waals surface area contributed by atoms with Crippen LogP contribution in [0.4, 0.5) is 0 Å². The number of nitrogens with zero attached hydrogens (tertiary/aromatic N) is 2. The maximum Gasteiger partial charge on any atom is 0.326 e. The zero-order valence-corrected chi connectivity index (χ0v) is 40.1. The summed E-state index contributed by atoms with van der Waals surface area (Å²) in [6.07, 6.45) is 14.4. The molecule has 0 spiro atoms. The lowest BCUT2D eigenvalue weighted by molar-refractivity contribution is -0.143. The molecule has 366 valence electrons. The zero-order chi connectivity index (χ0) is 48.9. The molecule has 2 aromatic carbocycles. The van der Waals surface area contributed by atoms with Crippen LogP contribution in [0, 0.1) is 11.8 Å². The fraction of sp³-hybridized carbons (Fsp3) is 0.627. The summed E-state index contributed by atoms with van der Waals surface area (Å²) in [7, 11) is 2.82. The number of nitrogens with one attached hydrogen (secondary N) is 2. The predicted molar refractivity (Wildman–Crippen MR) is 252 cm³/mol. The van der Waals surface area contributed by atoms with Crippen molar-refractivity contribution in [3.63, 3.8) is 0 Å². The molecule has 6 N–H and O–H groups in total. The first-order valence-electron chi connectivity index (χ1n) is 24.1. The summed E-state index contributed by atoms with van der Waals surface area (Å²) < 4.78 is 0. The van der Waals surface area contributed by atoms with Gasteiger partial charge in [-0.25, -0.2) is 4.79 Å². The first kappa shape index (κ1) is 55.0. The van der Waals surface area contributed by atoms with E-state index in [9.17, 15) is 54.0 Å². The van der Waals surface area contributed by atoms with E-state index in [1.54, 1.807) is 0 Å². The van der Waals surface area contributed by atoms with Gasteiger partial charge in [-0.2, -0.15) is 0 Å². The minimum atomic E-state index is -1.37. The highest BCUT2D eigenvalue weighted by atomic mass is 16.4. The van der Waals surface area contributed by atoms with Crippen molar-refractivity contribution in [3.8, 4) is 22.6 Å². The topological polar surface area (TPSA) is 231 Å². The second kappa shape index (κ2) is 28.0. The third-order valence-corrected chi connectivity index (χ3v) is 12.7. The molecule has 2 aromatic rings. The Morgan fingerprint density at radius 3 is 1.86 bits per heavy atom. The van der Waals surface area contributed by atoms with E-state index in [2.05, 4.69) is 17.6 Å². The van der Waals surface area contributed by atoms with Crippen LogP contribution in [0.25, 0.3) is 11.1 Å². The molecule has 15 heteroatoms. The summed E-state index contributed by atoms with van der Waals surface area (Å²) in [4.78, 5) is 96.2. The number of hydrogen-bond donors (Lipinski definition) is 6. The van der Waals surface area contributed by atoms with Crippen molar-refractivity contribution in [2.45, 2.75) is 174 Å². The van der Waals surface area contributed by atoms with Crippen molar-refractivity contribution in [3.05, 3.63) is 47.5 Å². The van der Waals surface area contributed by atoms with E-state index in [0.717, 1.165) is 24.2 Å². The number of aliphatic hydroxyl groups is 1. The number of hydrogen-bond acceptors (Lipinski definition) is 10. The summed E-state index contributed by atoms with van der Waals surface area (Å²) in [5.74, 6) is -6.17. The van der Waals surface area contributed by atoms with Crippen LogP contribution in [0.1, 0.15) is 160 Å². The van der Waals surface area contributed by atoms with Crippen LogP contribution in [0.2, 0.25) is 0 Å². The molecule has 5 atom stereocenters. The van der Waals surface area contributed by atoms with Gasteiger partial charge < -0.3 is 40.9 Å². The summed E-state index contributed by atoms with van der Waals surface area (Å²) in [6, 6.07) is 3.57. The molecule has 3 rings (SSSR count). The van der Waals surface area contributed by atoms with Crippen molar-refractivity contribution in [1.82, 2.24) is 20.4 Å². The van der Waals surface area contributed by atoms with Crippen LogP contribution in [0.5, 0.6) is 11.5 Å². The molecule has 1 aliphatic rings. The number of phenolic OH excluding ortho intramolecular Hbond substituents is 2. The van der Waals surface area contributed by atoms with Crippen molar-refractivity contribution in [2.75, 3.05) is 20.7 Å². The van der Waals surface area contributed by atoms with Gasteiger partial charge in [-0.05, 0) is 61.1 Å². The second-order valence-corrected chi connectivity index (χ2v) is 18.5. The zero-order valence-electron chi connectivity index (χ0n) is 40.1. The highest BCUT2D eigenvalue weighted by Crippen LogP contribution is 2.39. The number of amides is 4. The van der Waals surface area contributed by atoms with Gasteiger partial charge in [0.2, 0.25) is 23.6 Å². The number of likely N-dealkylation sites (N-methyl/N-ethyl adjacent to an activating group) is 2. The van der Waals surface area contributed by atoms with Crippen LogP contribution in [0.15, 0.2) is 36.4 Å². The second-order valence-electron chi connectivity index (χ2n) is 18.5. The lowest BCUT2D eigenvalue weighted by Gasteiger charge is -2.30. The minimum absolute atomic E-state index is 0.0654. The molecule has 4 amide bonds. The number of phenols is 2. The Morgan fingerprint density at radius 2 is 1.30 bits per heavy atom. The van der Waals surface area contributed by atoms with Gasteiger partial charge >= 0.3 is 5.97 Å². The largest absolute Gasteiger partial charge is 0.507 e. The van der Waals surface area contributed by atoms with Gasteiger partial charge in [0, 0.05) is 63.2 Å². The molecule has 0 aromatic heterocycles. The number of aliphatic carboxylic acids is 1. The van der Waals surface area contributed by atoms with Crippen molar-refractivity contribution in [2.24, 2.45) is 11.8 Å². The molecule has 0 unspecified atom stereocenters. The van der Waals surface area contributed by atoms with Crippen LogP contribution in [0.3, 0.4) is 0 Å². The number of fused-ring (bicyclic) bond motifs is 5. The Labute approximate surface area is 391 Å². The number of benzene rings is 2. The molecular weight excluding hydrogens is 845 g/mol. The van der Waals surface area contributed by atoms with E-state index in [-0.39, 0.29) is 78.5 Å². The molecule has 0 saturated carbocycles. The Bertz CT molecular complexity index is 1950. The molecule has 66 heavy (non-hydrogen) atoms. The van der Waals surface area contributed by atoms with E-state index in [1.165, 1.54) is 120 Å². The van der Waals surface area contributed by atoms with Crippen molar-refractivity contribution < 1.29 is 54.0 Å². The molecule has 0 fully saturated rings. The van der Waals surface area contributed by atoms with Crippen LogP contribution >= 0.6 is 0 Å². The standard InChI is InChI=1S/C51H76N4O11/c1-7-8-9-10-11-12-13-14-15-16-17-18-19-20-46(61)54(5)41(32-56)50(64)52-34(4)42(57)25-26-47(62)55(6)48-36-22-24-44(59)39(30-36)38-28-35(21-23-43(38)58)29-40(51(65)66)53-49(63)37(27-33(2)3)31-45(48)60/h21-24,28,30,33-34,37,40-41,48,56,58-59H,7-20,25-27,29,31-32H2,1-6H3,(H,52,64)(H,53,63)(H,65,66)/t34-,37-,40+,41-,48+/m1/s1. The van der Waals surface area contributed by atoms with Crippen LogP contribution < -0.4 is 10.6 Å². The highest BCUT2D eigenvalue weighted by molar-refractivity contribution is 5.97. The number of ketones is 2. The maximum absolute atomic E-state index is 14.4. The number of carbonyl (C=O) groups is 7. The maximum atomic E-state index is 14.4. The summed E-state index contributed by atoms with van der Waals surface area (Å²) in [5, 5.41) is 47.1. The Hall–Kier alpha value is -5.31. The van der Waals surface area contributed by atoms with E-state index >= 15 is 0 Å². The third-order valence-electron chi connectivity index (χ3n) is 12.7. The van der Waals surface area contributed by atoms with Gasteiger partial charge in [-0.1, -0.05) is 110 Å². The van der Waals surface area contributed by atoms with E-state index in [4.69, 9.17) is 0 Å². The SMILES string of the molecule is CCCCCCCCCCCCCCCC(=O)N(C)[C@H](CO)C(=O)N[C@H](C)C(=O)CCC(=O)N(C)[C@@H]1C(=O)C[C@@H](CC(C)C)C(=O)N[C@H](C(=O)O)Cc2ccc(O)c(c2)-c2cc1ccc2O. The minimum Gasteiger partial charge on any atom is -0.507 e. The number of rotatable bonds is 26. The first-order chi connectivity index (χ1) is 31.4. The van der Waals surface area contributed by atoms with Gasteiger partial charge in [0.1, 0.15) is 29.6 Å². The van der Waals surface area contributed by atoms with Crippen LogP contribution in [-0.4, -0.2) is 110 Å². The summed E-state index contributed by atoms with van der Waals surface area (Å²) in [5.41, 5.74) is 0.950. The number of carbonyl (C=O) groups excluding carboxylic acids is 6. The number of Topliss-reactive ketones (excluding diaryl/α,β-unsaturated/α-hetero) is 2. The van der Waals surface area contributed by atoms with Gasteiger partial charge in [0.05, 0.1) is 12.6 Å². The Kier molecular flexibility index (Phi) is 23.3. The number of aliphatic hydroxyl groups excluding tert-OH is 1. The quantitative estimate of drug-likeness (QED) is 0.0518.